The van der Waals surface area contributed by atoms with E-state index in [-0.39, 0.29) is 5.82 Å². The molecule has 1 saturated heterocycles. The molecule has 1 aromatic heterocycles. The normalized spacial score (nSPS) is 18.6. The van der Waals surface area contributed by atoms with E-state index in [9.17, 15) is 0 Å². The maximum atomic E-state index is 9.13. The van der Waals surface area contributed by atoms with E-state index in [1.165, 1.54) is 19.3 Å². The van der Waals surface area contributed by atoms with Crippen LogP contribution in [0.5, 0.6) is 5.75 Å². The number of benzene rings is 1. The third-order valence-corrected chi connectivity index (χ3v) is 4.31. The number of H-pyrrole nitrogens is 1. The first kappa shape index (κ1) is 16.9. The molecule has 0 aliphatic carbocycles. The van der Waals surface area contributed by atoms with E-state index in [0.29, 0.717) is 18.2 Å². The van der Waals surface area contributed by atoms with Crippen molar-refractivity contribution < 1.29 is 4.74 Å². The van der Waals surface area contributed by atoms with Crippen molar-refractivity contribution in [3.63, 3.8) is 0 Å². The molecule has 0 bridgehead atoms. The van der Waals surface area contributed by atoms with E-state index >= 15 is 0 Å². The second-order valence-corrected chi connectivity index (χ2v) is 6.02. The Morgan fingerprint density at radius 2 is 2.28 bits per heavy atom. The number of nitriles is 1. The van der Waals surface area contributed by atoms with E-state index in [1.807, 2.05) is 30.3 Å². The number of nitrogens with zero attached hydrogens (tertiary/aromatic N) is 5. The quantitative estimate of drug-likeness (QED) is 0.776. The zero-order valence-electron chi connectivity index (χ0n) is 14.1. The number of piperidine rings is 1. The predicted molar refractivity (Wildman–Crippen MR) is 93.6 cm³/mol. The molecule has 1 aliphatic heterocycles. The minimum absolute atomic E-state index is 0.256. The van der Waals surface area contributed by atoms with Crippen molar-refractivity contribution in [2.75, 3.05) is 25.5 Å². The number of aromatic amines is 1. The van der Waals surface area contributed by atoms with Gasteiger partial charge in [0.1, 0.15) is 24.0 Å². The van der Waals surface area contributed by atoms with Crippen LogP contribution in [0.1, 0.15) is 25.1 Å². The number of ether oxygens (including phenoxy) is 1. The van der Waals surface area contributed by atoms with E-state index in [1.54, 1.807) is 6.20 Å². The van der Waals surface area contributed by atoms with Crippen LogP contribution < -0.4 is 10.1 Å². The fourth-order valence-electron chi connectivity index (χ4n) is 2.77. The highest BCUT2D eigenvalue weighted by Crippen LogP contribution is 2.19. The summed E-state index contributed by atoms with van der Waals surface area (Å²) < 4.78 is 5.91. The van der Waals surface area contributed by atoms with Gasteiger partial charge in [-0.3, -0.25) is 0 Å². The monoisotopic (exact) mass is 339 g/mol. The van der Waals surface area contributed by atoms with Gasteiger partial charge in [0, 0.05) is 17.9 Å². The van der Waals surface area contributed by atoms with Crippen LogP contribution in [-0.4, -0.2) is 51.8 Å². The molecule has 8 heteroatoms. The SMILES string of the molecule is CN1CCCCC1COc1ccc(NC=C(C#N)c2nn[nH]n2)cc1. The van der Waals surface area contributed by atoms with Crippen molar-refractivity contribution in [3.05, 3.63) is 36.3 Å². The maximum absolute atomic E-state index is 9.13. The number of anilines is 1. The average molecular weight is 339 g/mol. The number of tetrazole rings is 1. The molecule has 0 amide bonds. The Balaban J connectivity index is 1.54. The molecule has 0 radical (unpaired) electrons. The standard InChI is InChI=1S/C17H21N7O/c1-24-9-3-2-4-15(24)12-25-16-7-5-14(6-8-16)19-11-13(10-18)17-20-22-23-21-17/h5-8,11,15,19H,2-4,9,12H2,1H3,(H,20,21,22,23). The fourth-order valence-corrected chi connectivity index (χ4v) is 2.77. The van der Waals surface area contributed by atoms with Gasteiger partial charge in [0.05, 0.1) is 0 Å². The molecule has 1 aromatic carbocycles. The first-order chi connectivity index (χ1) is 12.3. The molecule has 1 aliphatic rings. The zero-order valence-corrected chi connectivity index (χ0v) is 14.1. The third-order valence-electron chi connectivity index (χ3n) is 4.31. The van der Waals surface area contributed by atoms with Crippen molar-refractivity contribution >= 4 is 11.3 Å². The maximum Gasteiger partial charge on any atom is 0.216 e. The van der Waals surface area contributed by atoms with E-state index in [0.717, 1.165) is 18.0 Å². The molecule has 1 fully saturated rings. The summed E-state index contributed by atoms with van der Waals surface area (Å²) in [5.74, 6) is 1.10. The average Bonchev–Trinajstić information content (AvgIpc) is 3.17. The van der Waals surface area contributed by atoms with Crippen molar-refractivity contribution in [1.29, 1.82) is 5.26 Å². The lowest BCUT2D eigenvalue weighted by molar-refractivity contribution is 0.125. The summed E-state index contributed by atoms with van der Waals surface area (Å²) in [6, 6.07) is 10.2. The summed E-state index contributed by atoms with van der Waals surface area (Å²) in [6.07, 6.45) is 5.29. The summed E-state index contributed by atoms with van der Waals surface area (Å²) in [6.45, 7) is 1.85. The van der Waals surface area contributed by atoms with E-state index in [4.69, 9.17) is 10.00 Å². The first-order valence-corrected chi connectivity index (χ1v) is 8.30. The third kappa shape index (κ3) is 4.55. The van der Waals surface area contributed by atoms with Crippen molar-refractivity contribution in [2.45, 2.75) is 25.3 Å². The largest absolute Gasteiger partial charge is 0.492 e. The fraction of sp³-hybridized carbons (Fsp3) is 0.412. The zero-order chi connectivity index (χ0) is 17.5. The van der Waals surface area contributed by atoms with Crippen LogP contribution in [-0.2, 0) is 0 Å². The Bertz CT molecular complexity index is 733. The summed E-state index contributed by atoms with van der Waals surface area (Å²) in [5.41, 5.74) is 1.15. The summed E-state index contributed by atoms with van der Waals surface area (Å²) in [7, 11) is 2.16. The molecule has 1 unspecified atom stereocenters. The van der Waals surface area contributed by atoms with Crippen LogP contribution in [0.3, 0.4) is 0 Å². The van der Waals surface area contributed by atoms with Gasteiger partial charge in [-0.2, -0.15) is 10.5 Å². The van der Waals surface area contributed by atoms with Crippen molar-refractivity contribution in [1.82, 2.24) is 25.5 Å². The number of likely N-dealkylation sites (N-methyl/N-ethyl adjacent to an activating group) is 1. The van der Waals surface area contributed by atoms with Crippen LogP contribution in [0.2, 0.25) is 0 Å². The van der Waals surface area contributed by atoms with Crippen LogP contribution in [0, 0.1) is 11.3 Å². The number of aromatic nitrogens is 4. The molecule has 0 saturated carbocycles. The molecular weight excluding hydrogens is 318 g/mol. The molecule has 25 heavy (non-hydrogen) atoms. The van der Waals surface area contributed by atoms with Crippen LogP contribution in [0.4, 0.5) is 5.69 Å². The Labute approximate surface area is 146 Å². The summed E-state index contributed by atoms with van der Waals surface area (Å²) >= 11 is 0. The molecule has 1 atom stereocenters. The van der Waals surface area contributed by atoms with Crippen LogP contribution in [0.15, 0.2) is 30.5 Å². The summed E-state index contributed by atoms with van der Waals surface area (Å²) in [5, 5.41) is 25.5. The number of hydrogen-bond donors (Lipinski definition) is 2. The number of likely N-dealkylation sites (tertiary alicyclic amines) is 1. The minimum atomic E-state index is 0.256. The van der Waals surface area contributed by atoms with Gasteiger partial charge in [0.15, 0.2) is 0 Å². The number of allylic oxidation sites excluding steroid dienone is 1. The Morgan fingerprint density at radius 3 is 2.96 bits per heavy atom. The van der Waals surface area contributed by atoms with Gasteiger partial charge in [-0.25, -0.2) is 0 Å². The Hall–Kier alpha value is -2.92. The second kappa shape index (κ2) is 8.26. The first-order valence-electron chi connectivity index (χ1n) is 8.30. The second-order valence-electron chi connectivity index (χ2n) is 6.02. The van der Waals surface area contributed by atoms with Gasteiger partial charge in [-0.05, 0) is 55.9 Å². The molecule has 2 aromatic rings. The lowest BCUT2D eigenvalue weighted by Crippen LogP contribution is -2.40. The highest BCUT2D eigenvalue weighted by Gasteiger charge is 2.19. The molecule has 2 N–H and O–H groups in total. The Kier molecular flexibility index (Phi) is 5.59. The van der Waals surface area contributed by atoms with E-state index in [2.05, 4.69) is 37.9 Å². The van der Waals surface area contributed by atoms with Crippen molar-refractivity contribution in [3.8, 4) is 11.8 Å². The van der Waals surface area contributed by atoms with Crippen molar-refractivity contribution in [2.24, 2.45) is 0 Å². The number of nitrogens with one attached hydrogen (secondary N) is 2. The molecule has 2 heterocycles. The van der Waals surface area contributed by atoms with Gasteiger partial charge >= 0.3 is 0 Å². The predicted octanol–water partition coefficient (Wildman–Crippen LogP) is 2.04. The highest BCUT2D eigenvalue weighted by molar-refractivity contribution is 5.74. The number of hydrogen-bond acceptors (Lipinski definition) is 7. The molecule has 130 valence electrons. The summed E-state index contributed by atoms with van der Waals surface area (Å²) in [4.78, 5) is 2.37. The van der Waals surface area contributed by atoms with Crippen LogP contribution >= 0.6 is 0 Å². The number of rotatable bonds is 6. The molecular formula is C17H21N7O. The van der Waals surface area contributed by atoms with Gasteiger partial charge in [-0.1, -0.05) is 6.42 Å². The minimum Gasteiger partial charge on any atom is -0.492 e. The lowest BCUT2D eigenvalue weighted by atomic mass is 10.0. The van der Waals surface area contributed by atoms with Gasteiger partial charge in [0.25, 0.3) is 0 Å². The topological polar surface area (TPSA) is 103 Å². The van der Waals surface area contributed by atoms with Gasteiger partial charge in [-0.15, -0.1) is 10.2 Å². The molecule has 8 nitrogen and oxygen atoms in total. The highest BCUT2D eigenvalue weighted by atomic mass is 16.5. The lowest BCUT2D eigenvalue weighted by Gasteiger charge is -2.32. The van der Waals surface area contributed by atoms with Crippen LogP contribution in [0.25, 0.3) is 5.57 Å². The molecule has 0 spiro atoms. The van der Waals surface area contributed by atoms with Gasteiger partial charge < -0.3 is 15.0 Å². The smallest absolute Gasteiger partial charge is 0.216 e. The molecule has 3 rings (SSSR count). The van der Waals surface area contributed by atoms with Gasteiger partial charge in [0.2, 0.25) is 5.82 Å². The van der Waals surface area contributed by atoms with E-state index < -0.39 is 0 Å². The Morgan fingerprint density at radius 1 is 1.44 bits per heavy atom.